The fraction of sp³-hybridized carbons (Fsp3) is 0.417. The van der Waals surface area contributed by atoms with Gasteiger partial charge >= 0.3 is 0 Å². The Morgan fingerprint density at radius 2 is 0.987 bits per heavy atom. The Morgan fingerprint density at radius 1 is 0.595 bits per heavy atom. The zero-order chi connectivity index (χ0) is 55.4. The average Bonchev–Trinajstić information content (AvgIpc) is 4.45. The number of aryl methyl sites for hydroxylation is 1. The van der Waals surface area contributed by atoms with Crippen LogP contribution in [0.15, 0.2) is 114 Å². The van der Waals surface area contributed by atoms with Gasteiger partial charge in [-0.3, -0.25) is 4.39 Å². The highest BCUT2D eigenvalue weighted by molar-refractivity contribution is 6.11. The van der Waals surface area contributed by atoms with Crippen LogP contribution in [0.2, 0.25) is 0 Å². The van der Waals surface area contributed by atoms with Crippen LogP contribution < -0.4 is 17.2 Å². The van der Waals surface area contributed by atoms with Crippen molar-refractivity contribution in [3.8, 4) is 33.4 Å². The molecule has 3 aromatic carbocycles. The molecule has 7 N–H and O–H groups in total. The molecule has 79 heavy (non-hydrogen) atoms. The van der Waals surface area contributed by atoms with Crippen molar-refractivity contribution in [2.24, 2.45) is 32.2 Å². The van der Waals surface area contributed by atoms with Gasteiger partial charge in [0.2, 0.25) is 0 Å². The third kappa shape index (κ3) is 12.8. The molecule has 2 radical (unpaired) electrons. The van der Waals surface area contributed by atoms with Gasteiger partial charge in [-0.2, -0.15) is 0 Å². The van der Waals surface area contributed by atoms with Crippen LogP contribution in [0.4, 0.5) is 4.39 Å². The zero-order valence-electron chi connectivity index (χ0n) is 45.2. The molecule has 3 spiro atoms. The molecule has 13 rings (SSSR count). The number of nitrogens with zero attached hydrogens (tertiary/aromatic N) is 9. The molecule has 4 aliphatic heterocycles. The Balaban J connectivity index is 0.000000134. The topological polar surface area (TPSA) is 250 Å². The van der Waals surface area contributed by atoms with Crippen LogP contribution >= 0.6 is 0 Å². The van der Waals surface area contributed by atoms with E-state index in [1.54, 1.807) is 12.7 Å². The summed E-state index contributed by atoms with van der Waals surface area (Å²) >= 11 is 0. The number of rotatable bonds is 8. The summed E-state index contributed by atoms with van der Waals surface area (Å²) in [6.45, 7) is 10.2. The highest BCUT2D eigenvalue weighted by atomic mass is 19.1. The van der Waals surface area contributed by atoms with Crippen molar-refractivity contribution < 1.29 is 28.4 Å². The van der Waals surface area contributed by atoms with E-state index in [-0.39, 0.29) is 47.9 Å². The molecule has 7 heterocycles. The van der Waals surface area contributed by atoms with Gasteiger partial charge in [-0.05, 0) is 125 Å². The van der Waals surface area contributed by atoms with Crippen molar-refractivity contribution in [2.45, 2.75) is 120 Å². The molecule has 410 valence electrons. The van der Waals surface area contributed by atoms with Gasteiger partial charge < -0.3 is 41.3 Å². The van der Waals surface area contributed by atoms with Gasteiger partial charge in [0.1, 0.15) is 63.3 Å². The smallest absolute Gasteiger partial charge is 0.282 e. The van der Waals surface area contributed by atoms with E-state index in [9.17, 15) is 9.50 Å². The van der Waals surface area contributed by atoms with Crippen LogP contribution in [-0.2, 0) is 70.3 Å². The van der Waals surface area contributed by atoms with Gasteiger partial charge in [0.05, 0.1) is 6.67 Å². The number of aromatic nitrogens is 6. The van der Waals surface area contributed by atoms with E-state index in [2.05, 4.69) is 81.8 Å². The molecule has 0 bridgehead atoms. The monoisotopic (exact) mass is 1070 g/mol. The van der Waals surface area contributed by atoms with Gasteiger partial charge in [0.15, 0.2) is 0 Å². The highest BCUT2D eigenvalue weighted by Gasteiger charge is 2.43. The molecular weight excluding hydrogens is 999 g/mol. The molecule has 4 atom stereocenters. The van der Waals surface area contributed by atoms with Crippen molar-refractivity contribution in [3.63, 3.8) is 0 Å². The molecule has 0 saturated carbocycles. The summed E-state index contributed by atoms with van der Waals surface area (Å²) in [6.07, 6.45) is 28.6. The summed E-state index contributed by atoms with van der Waals surface area (Å²) in [5, 5.41) is 9.41. The molecule has 1 saturated heterocycles. The fourth-order valence-electron chi connectivity index (χ4n) is 11.8. The Labute approximate surface area is 463 Å². The van der Waals surface area contributed by atoms with E-state index in [1.165, 1.54) is 50.8 Å². The number of nitrogens with two attached hydrogens (primary N) is 3. The highest BCUT2D eigenvalue weighted by Crippen LogP contribution is 2.43. The van der Waals surface area contributed by atoms with E-state index >= 15 is 0 Å². The number of benzene rings is 3. The molecule has 4 unspecified atom stereocenters. The number of aliphatic hydroxyl groups excluding tert-OH is 1. The third-order valence-corrected chi connectivity index (χ3v) is 15.6. The van der Waals surface area contributed by atoms with Crippen LogP contribution in [-0.4, -0.2) is 123 Å². The van der Waals surface area contributed by atoms with Crippen LogP contribution in [0.1, 0.15) is 96.0 Å². The lowest BCUT2D eigenvalue weighted by Gasteiger charge is -2.33. The molecular formula is C60H70BFN12O5. The number of amidine groups is 3. The van der Waals surface area contributed by atoms with Gasteiger partial charge in [0.25, 0.3) is 18.1 Å². The second-order valence-electron chi connectivity index (χ2n) is 20.6. The lowest BCUT2D eigenvalue weighted by Crippen LogP contribution is -2.36. The first-order chi connectivity index (χ1) is 38.5. The molecule has 3 aromatic heterocycles. The largest absolute Gasteiger partial charge is 0.463 e. The van der Waals surface area contributed by atoms with Crippen LogP contribution in [0.5, 0.6) is 0 Å². The molecule has 1 fully saturated rings. The number of hydrogen-bond acceptors (Lipinski definition) is 17. The fourth-order valence-corrected chi connectivity index (χ4v) is 11.8. The minimum absolute atomic E-state index is 0.0463. The second kappa shape index (κ2) is 25.4. The van der Waals surface area contributed by atoms with Crippen LogP contribution in [0, 0.1) is 0 Å². The van der Waals surface area contributed by atoms with Crippen molar-refractivity contribution >= 4 is 32.0 Å². The maximum Gasteiger partial charge on any atom is 0.282 e. The summed E-state index contributed by atoms with van der Waals surface area (Å²) in [4.78, 5) is 38.5. The zero-order valence-corrected chi connectivity index (χ0v) is 45.2. The first-order valence-electron chi connectivity index (χ1n) is 27.3. The molecule has 19 heteroatoms. The summed E-state index contributed by atoms with van der Waals surface area (Å²) < 4.78 is 34.2. The van der Waals surface area contributed by atoms with Crippen LogP contribution in [0.3, 0.4) is 0 Å². The lowest BCUT2D eigenvalue weighted by atomic mass is 9.74. The molecule has 0 amide bonds. The number of aliphatic hydroxyl groups is 1. The van der Waals surface area contributed by atoms with Gasteiger partial charge in [0, 0.05) is 98.8 Å². The number of halogens is 1. The SMILES string of the molecule is C=Cc1ccc(-c2cncnc2)c2c1CC1(CC2)COC(N)=N1.CC.NC1=NC2(CCc3c(-c4cncnc4)ccc(CCF)c3C2)CO1.NC1=NC2(CCc3c(-c4cncnc4)ccc(CCO)c3C2)CO1.[B]C1CCCO1. The van der Waals surface area contributed by atoms with Crippen molar-refractivity contribution in [1.82, 2.24) is 29.9 Å². The van der Waals surface area contributed by atoms with Crippen molar-refractivity contribution in [1.29, 1.82) is 0 Å². The third-order valence-electron chi connectivity index (χ3n) is 15.6. The van der Waals surface area contributed by atoms with E-state index < -0.39 is 0 Å². The first kappa shape index (κ1) is 56.1. The summed E-state index contributed by atoms with van der Waals surface area (Å²) in [5.41, 5.74) is 34.0. The van der Waals surface area contributed by atoms with E-state index in [1.807, 2.05) is 63.2 Å². The number of fused-ring (bicyclic) bond motifs is 3. The predicted octanol–water partition coefficient (Wildman–Crippen LogP) is 7.16. The summed E-state index contributed by atoms with van der Waals surface area (Å²) in [6, 6.07) is 13.4. The minimum Gasteiger partial charge on any atom is -0.463 e. The number of aliphatic imine (C=N–C) groups is 3. The lowest BCUT2D eigenvalue weighted by molar-refractivity contribution is 0.168. The molecule has 17 nitrogen and oxygen atoms in total. The van der Waals surface area contributed by atoms with Gasteiger partial charge in [-0.15, -0.1) is 0 Å². The Bertz CT molecular complexity index is 3030. The molecule has 3 aliphatic carbocycles. The summed E-state index contributed by atoms with van der Waals surface area (Å²) in [5.74, 6) is 0. The summed E-state index contributed by atoms with van der Waals surface area (Å²) in [7, 11) is 5.31. The number of ether oxygens (including phenoxy) is 4. The predicted molar refractivity (Wildman–Crippen MR) is 306 cm³/mol. The van der Waals surface area contributed by atoms with E-state index in [0.717, 1.165) is 116 Å². The number of hydrogen-bond donors (Lipinski definition) is 4. The van der Waals surface area contributed by atoms with Crippen molar-refractivity contribution in [2.75, 3.05) is 39.7 Å². The molecule has 6 aromatic rings. The van der Waals surface area contributed by atoms with Gasteiger partial charge in [-0.1, -0.05) is 62.9 Å². The number of alkyl halides is 1. The average molecular weight is 1070 g/mol. The Hall–Kier alpha value is -7.64. The maximum atomic E-state index is 13.0. The van der Waals surface area contributed by atoms with Crippen LogP contribution in [0.25, 0.3) is 39.5 Å². The second-order valence-corrected chi connectivity index (χ2v) is 20.6. The minimum atomic E-state index is -0.366. The van der Waals surface area contributed by atoms with Crippen molar-refractivity contribution in [3.05, 3.63) is 149 Å². The Morgan fingerprint density at radius 3 is 1.32 bits per heavy atom. The van der Waals surface area contributed by atoms with Gasteiger partial charge in [-0.25, -0.2) is 44.9 Å². The maximum absolute atomic E-state index is 13.0. The quantitative estimate of drug-likeness (QED) is 0.111. The van der Waals surface area contributed by atoms with E-state index in [0.29, 0.717) is 38.7 Å². The standard InChI is InChI=1S/C18H19FN4O.C18H20N4O2.C18H18N4O.C4H7BO.C2H6/c19-6-4-12-1-2-14(13-8-21-11-22-9-13)15-3-5-18(7-16(12)15)10-24-17(20)23-18;19-17-22-18(10-24-17)5-3-15-14(13-8-20-11-21-9-13)2-1-12(4-6-23)16(15)7-18;1-2-12-3-4-14(13-8-20-11-21-9-13)15-5-6-18(7-16(12)15)10-23-17(19)22-18;5-4-2-1-3-6-4;1-2/h1-2,8-9,11H,3-7,10H2,(H2,20,23);1-2,8-9,11,23H,3-7,10H2,(H2,19,22);2-4,8-9,11H,1,5-7,10H2,(H2,19,22);4H,1-3H2;1-2H3. The van der Waals surface area contributed by atoms with E-state index in [4.69, 9.17) is 44.0 Å². The first-order valence-corrected chi connectivity index (χ1v) is 27.3. The molecule has 7 aliphatic rings. The Kier molecular flexibility index (Phi) is 18.1. The normalized spacial score (nSPS) is 22.6.